The Kier molecular flexibility index (Phi) is 3.81. The molecule has 0 spiro atoms. The molecule has 124 valence electrons. The fourth-order valence-electron chi connectivity index (χ4n) is 2.88. The maximum Gasteiger partial charge on any atom is 0.422 e. The second kappa shape index (κ2) is 5.38. The van der Waals surface area contributed by atoms with Crippen molar-refractivity contribution in [3.8, 4) is 5.75 Å². The van der Waals surface area contributed by atoms with E-state index in [4.69, 9.17) is 4.74 Å². The molecule has 0 aliphatic heterocycles. The van der Waals surface area contributed by atoms with Gasteiger partial charge in [0.1, 0.15) is 5.69 Å². The van der Waals surface area contributed by atoms with E-state index in [2.05, 4.69) is 5.10 Å². The Morgan fingerprint density at radius 1 is 1.27 bits per heavy atom. The number of hydrogen-bond donors (Lipinski definition) is 0. The molecule has 0 amide bonds. The number of aromatic nitrogens is 2. The molecule has 0 saturated heterocycles. The molecule has 3 rings (SSSR count). The van der Waals surface area contributed by atoms with Crippen LogP contribution in [0, 0.1) is 5.92 Å². The van der Waals surface area contributed by atoms with Crippen LogP contribution in [-0.4, -0.2) is 28.5 Å². The van der Waals surface area contributed by atoms with Crippen LogP contribution in [0.3, 0.4) is 0 Å². The third-order valence-electron chi connectivity index (χ3n) is 4.06. The summed E-state index contributed by atoms with van der Waals surface area (Å²) in [5.41, 5.74) is 0.522. The summed E-state index contributed by atoms with van der Waals surface area (Å²) in [4.78, 5) is 0. The van der Waals surface area contributed by atoms with Gasteiger partial charge >= 0.3 is 6.18 Å². The van der Waals surface area contributed by atoms with Crippen molar-refractivity contribution in [2.75, 3.05) is 6.61 Å². The summed E-state index contributed by atoms with van der Waals surface area (Å²) < 4.78 is 69.5. The zero-order valence-electron chi connectivity index (χ0n) is 11.9. The molecule has 3 nitrogen and oxygen atoms in total. The molecule has 2 saturated carbocycles. The number of nitrogens with zero attached hydrogens (tertiary/aromatic N) is 2. The van der Waals surface area contributed by atoms with Gasteiger partial charge in [-0.15, -0.1) is 0 Å². The summed E-state index contributed by atoms with van der Waals surface area (Å²) in [5.74, 6) is -2.57. The predicted molar refractivity (Wildman–Crippen MR) is 68.0 cm³/mol. The first-order valence-electron chi connectivity index (χ1n) is 7.36. The van der Waals surface area contributed by atoms with Crippen molar-refractivity contribution < 1.29 is 26.7 Å². The minimum atomic E-state index is -4.41. The standard InChI is InChI=1S/C14H17F5N2O/c15-13(16)4-3-9(5-13)6-21-7-11(22-8-14(17,18)19)12(20-21)10-1-2-10/h7,9-10H,1-6,8H2. The number of rotatable bonds is 5. The van der Waals surface area contributed by atoms with Gasteiger partial charge in [-0.05, 0) is 25.2 Å². The largest absolute Gasteiger partial charge is 0.481 e. The van der Waals surface area contributed by atoms with Crippen LogP contribution < -0.4 is 4.74 Å². The zero-order valence-corrected chi connectivity index (χ0v) is 11.9. The Bertz CT molecular complexity index is 536. The normalized spacial score (nSPS) is 24.7. The first-order chi connectivity index (χ1) is 10.2. The second-order valence-electron chi connectivity index (χ2n) is 6.24. The summed E-state index contributed by atoms with van der Waals surface area (Å²) in [6.45, 7) is -1.06. The fourth-order valence-corrected chi connectivity index (χ4v) is 2.88. The van der Waals surface area contributed by atoms with E-state index in [-0.39, 0.29) is 30.4 Å². The molecule has 1 aromatic rings. The molecule has 1 unspecified atom stereocenters. The van der Waals surface area contributed by atoms with E-state index >= 15 is 0 Å². The summed E-state index contributed by atoms with van der Waals surface area (Å²) in [5, 5.41) is 4.26. The number of halogens is 5. The minimum absolute atomic E-state index is 0.129. The highest BCUT2D eigenvalue weighted by Gasteiger charge is 2.40. The Balaban J connectivity index is 1.67. The van der Waals surface area contributed by atoms with Gasteiger partial charge in [0.15, 0.2) is 12.4 Å². The van der Waals surface area contributed by atoms with E-state index in [1.54, 1.807) is 0 Å². The maximum absolute atomic E-state index is 13.2. The highest BCUT2D eigenvalue weighted by molar-refractivity contribution is 5.31. The molecule has 0 N–H and O–H groups in total. The third-order valence-corrected chi connectivity index (χ3v) is 4.06. The average molecular weight is 324 g/mol. The topological polar surface area (TPSA) is 27.1 Å². The van der Waals surface area contributed by atoms with E-state index in [0.717, 1.165) is 12.8 Å². The van der Waals surface area contributed by atoms with Crippen LogP contribution in [0.1, 0.15) is 43.7 Å². The van der Waals surface area contributed by atoms with Crippen LogP contribution in [0.25, 0.3) is 0 Å². The first-order valence-corrected chi connectivity index (χ1v) is 7.36. The van der Waals surface area contributed by atoms with Crippen LogP contribution in [0.15, 0.2) is 6.20 Å². The summed E-state index contributed by atoms with van der Waals surface area (Å²) >= 11 is 0. The Morgan fingerprint density at radius 3 is 2.55 bits per heavy atom. The highest BCUT2D eigenvalue weighted by Crippen LogP contribution is 2.44. The van der Waals surface area contributed by atoms with Crippen molar-refractivity contribution in [3.63, 3.8) is 0 Å². The Morgan fingerprint density at radius 2 is 2.00 bits per heavy atom. The lowest BCUT2D eigenvalue weighted by Gasteiger charge is -2.10. The third kappa shape index (κ3) is 3.89. The van der Waals surface area contributed by atoms with Gasteiger partial charge in [0, 0.05) is 25.3 Å². The fraction of sp³-hybridized carbons (Fsp3) is 0.786. The van der Waals surface area contributed by atoms with E-state index in [1.807, 2.05) is 0 Å². The van der Waals surface area contributed by atoms with Crippen LogP contribution in [0.4, 0.5) is 22.0 Å². The summed E-state index contributed by atoms with van der Waals surface area (Å²) in [6, 6.07) is 0. The van der Waals surface area contributed by atoms with Gasteiger partial charge < -0.3 is 4.74 Å². The lowest BCUT2D eigenvalue weighted by molar-refractivity contribution is -0.153. The van der Waals surface area contributed by atoms with Crippen molar-refractivity contribution in [2.24, 2.45) is 5.92 Å². The lowest BCUT2D eigenvalue weighted by atomic mass is 10.1. The lowest BCUT2D eigenvalue weighted by Crippen LogP contribution is -2.19. The van der Waals surface area contributed by atoms with Crippen LogP contribution >= 0.6 is 0 Å². The van der Waals surface area contributed by atoms with Crippen molar-refractivity contribution in [2.45, 2.75) is 56.7 Å². The van der Waals surface area contributed by atoms with Crippen LogP contribution in [0.5, 0.6) is 5.75 Å². The summed E-state index contributed by atoms with van der Waals surface area (Å²) in [7, 11) is 0. The molecule has 0 radical (unpaired) electrons. The van der Waals surface area contributed by atoms with Gasteiger partial charge in [0.2, 0.25) is 5.92 Å². The van der Waals surface area contributed by atoms with Gasteiger partial charge in [-0.25, -0.2) is 8.78 Å². The van der Waals surface area contributed by atoms with E-state index in [0.29, 0.717) is 18.7 Å². The average Bonchev–Trinajstić information content (AvgIpc) is 3.07. The number of hydrogen-bond acceptors (Lipinski definition) is 2. The molecule has 1 aromatic heterocycles. The molecule has 2 aliphatic rings. The molecular weight excluding hydrogens is 307 g/mol. The van der Waals surface area contributed by atoms with Gasteiger partial charge in [-0.3, -0.25) is 4.68 Å². The predicted octanol–water partition coefficient (Wildman–Crippen LogP) is 4.14. The van der Waals surface area contributed by atoms with Crippen LogP contribution in [0.2, 0.25) is 0 Å². The zero-order chi connectivity index (χ0) is 16.0. The monoisotopic (exact) mass is 324 g/mol. The van der Waals surface area contributed by atoms with E-state index in [9.17, 15) is 22.0 Å². The Labute approximate surface area is 124 Å². The van der Waals surface area contributed by atoms with Gasteiger partial charge in [-0.2, -0.15) is 18.3 Å². The molecule has 8 heteroatoms. The van der Waals surface area contributed by atoms with Crippen molar-refractivity contribution in [3.05, 3.63) is 11.9 Å². The summed E-state index contributed by atoms with van der Waals surface area (Å²) in [6.07, 6.45) is -1.16. The van der Waals surface area contributed by atoms with Crippen molar-refractivity contribution in [1.29, 1.82) is 0 Å². The Hall–Kier alpha value is -1.34. The van der Waals surface area contributed by atoms with E-state index in [1.165, 1.54) is 10.9 Å². The molecule has 2 aliphatic carbocycles. The quantitative estimate of drug-likeness (QED) is 0.761. The maximum atomic E-state index is 13.2. The van der Waals surface area contributed by atoms with Gasteiger partial charge in [0.05, 0.1) is 6.20 Å². The minimum Gasteiger partial charge on any atom is -0.481 e. The first kappa shape index (κ1) is 15.6. The second-order valence-corrected chi connectivity index (χ2v) is 6.24. The molecule has 1 atom stereocenters. The van der Waals surface area contributed by atoms with Crippen molar-refractivity contribution in [1.82, 2.24) is 9.78 Å². The number of alkyl halides is 5. The van der Waals surface area contributed by atoms with E-state index < -0.39 is 18.7 Å². The van der Waals surface area contributed by atoms with Gasteiger partial charge in [-0.1, -0.05) is 0 Å². The van der Waals surface area contributed by atoms with Crippen LogP contribution in [-0.2, 0) is 6.54 Å². The highest BCUT2D eigenvalue weighted by atomic mass is 19.4. The molecule has 0 bridgehead atoms. The molecule has 22 heavy (non-hydrogen) atoms. The smallest absolute Gasteiger partial charge is 0.422 e. The molecular formula is C14H17F5N2O. The molecule has 2 fully saturated rings. The van der Waals surface area contributed by atoms with Crippen molar-refractivity contribution >= 4 is 0 Å². The number of ether oxygens (including phenoxy) is 1. The SMILES string of the molecule is FC(F)(F)COc1cn(CC2CCC(F)(F)C2)nc1C1CC1. The molecule has 0 aromatic carbocycles. The van der Waals surface area contributed by atoms with Gasteiger partial charge in [0.25, 0.3) is 0 Å². The molecule has 1 heterocycles.